The molecule has 0 aromatic heterocycles. The molecule has 0 aliphatic rings. The van der Waals surface area contributed by atoms with E-state index in [-0.39, 0.29) is 0 Å². The summed E-state index contributed by atoms with van der Waals surface area (Å²) in [5, 5.41) is 21.4. The summed E-state index contributed by atoms with van der Waals surface area (Å²) in [4.78, 5) is 0. The van der Waals surface area contributed by atoms with Crippen LogP contribution in [0.5, 0.6) is 0 Å². The molecule has 1 rings (SSSR count). The van der Waals surface area contributed by atoms with Crippen molar-refractivity contribution in [2.75, 3.05) is 19.6 Å². The molecule has 86 valence electrons. The minimum Gasteiger partial charge on any atom is -0.391 e. The molecule has 4 N–H and O–H groups in total. The van der Waals surface area contributed by atoms with E-state index in [2.05, 4.69) is 11.4 Å². The molecule has 16 heavy (non-hydrogen) atoms. The highest BCUT2D eigenvalue weighted by atomic mass is 16.3. The van der Waals surface area contributed by atoms with Gasteiger partial charge in [-0.15, -0.1) is 0 Å². The molecule has 0 aliphatic carbocycles. The van der Waals surface area contributed by atoms with Crippen molar-refractivity contribution in [1.29, 1.82) is 5.26 Å². The Bertz CT molecular complexity index is 342. The van der Waals surface area contributed by atoms with E-state index < -0.39 is 6.10 Å². The second kappa shape index (κ2) is 6.96. The number of rotatable bonds is 6. The summed E-state index contributed by atoms with van der Waals surface area (Å²) in [5.74, 6) is 0. The third kappa shape index (κ3) is 4.41. The lowest BCUT2D eigenvalue weighted by Crippen LogP contribution is -2.31. The molecule has 4 nitrogen and oxygen atoms in total. The van der Waals surface area contributed by atoms with Gasteiger partial charge in [0.15, 0.2) is 0 Å². The Morgan fingerprint density at radius 3 is 2.62 bits per heavy atom. The van der Waals surface area contributed by atoms with Crippen molar-refractivity contribution in [2.45, 2.75) is 12.5 Å². The van der Waals surface area contributed by atoms with Gasteiger partial charge in [0.1, 0.15) is 0 Å². The molecule has 0 aliphatic heterocycles. The molecule has 0 fully saturated rings. The van der Waals surface area contributed by atoms with Crippen molar-refractivity contribution in [2.24, 2.45) is 5.73 Å². The van der Waals surface area contributed by atoms with Crippen molar-refractivity contribution in [3.8, 4) is 6.07 Å². The maximum absolute atomic E-state index is 9.69. The molecule has 0 heterocycles. The van der Waals surface area contributed by atoms with Crippen molar-refractivity contribution in [1.82, 2.24) is 5.32 Å². The van der Waals surface area contributed by atoms with E-state index in [1.807, 2.05) is 12.1 Å². The molecule has 0 saturated carbocycles. The largest absolute Gasteiger partial charge is 0.391 e. The summed E-state index contributed by atoms with van der Waals surface area (Å²) in [6, 6.07) is 9.31. The van der Waals surface area contributed by atoms with Gasteiger partial charge < -0.3 is 16.2 Å². The number of hydrogen-bond donors (Lipinski definition) is 3. The molecule has 1 unspecified atom stereocenters. The highest BCUT2D eigenvalue weighted by Crippen LogP contribution is 2.05. The standard InChI is InChI=1S/C12H17N3O/c13-5-6-15-9-12(16)7-10-1-3-11(8-14)4-2-10/h1-4,12,15-16H,5-7,9,13H2. The molecule has 0 bridgehead atoms. The third-order valence-corrected chi connectivity index (χ3v) is 2.26. The topological polar surface area (TPSA) is 82.1 Å². The number of benzene rings is 1. The van der Waals surface area contributed by atoms with Crippen LogP contribution in [0.4, 0.5) is 0 Å². The third-order valence-electron chi connectivity index (χ3n) is 2.26. The van der Waals surface area contributed by atoms with Gasteiger partial charge in [-0.3, -0.25) is 0 Å². The summed E-state index contributed by atoms with van der Waals surface area (Å²) >= 11 is 0. The first-order valence-corrected chi connectivity index (χ1v) is 5.34. The molecular weight excluding hydrogens is 202 g/mol. The van der Waals surface area contributed by atoms with Crippen LogP contribution in [0.15, 0.2) is 24.3 Å². The molecule has 1 aromatic rings. The van der Waals surface area contributed by atoms with E-state index in [0.717, 1.165) is 5.56 Å². The monoisotopic (exact) mass is 219 g/mol. The average molecular weight is 219 g/mol. The van der Waals surface area contributed by atoms with Gasteiger partial charge in [-0.2, -0.15) is 5.26 Å². The van der Waals surface area contributed by atoms with E-state index in [1.54, 1.807) is 12.1 Å². The zero-order chi connectivity index (χ0) is 11.8. The van der Waals surface area contributed by atoms with E-state index in [1.165, 1.54) is 0 Å². The number of nitrogens with one attached hydrogen (secondary N) is 1. The average Bonchev–Trinajstić information content (AvgIpc) is 2.30. The van der Waals surface area contributed by atoms with E-state index in [9.17, 15) is 5.11 Å². The smallest absolute Gasteiger partial charge is 0.0991 e. The van der Waals surface area contributed by atoms with Gasteiger partial charge in [0.25, 0.3) is 0 Å². The number of nitrogens with zero attached hydrogens (tertiary/aromatic N) is 1. The highest BCUT2D eigenvalue weighted by Gasteiger charge is 2.04. The van der Waals surface area contributed by atoms with Crippen molar-refractivity contribution < 1.29 is 5.11 Å². The van der Waals surface area contributed by atoms with Crippen LogP contribution >= 0.6 is 0 Å². The van der Waals surface area contributed by atoms with Crippen LogP contribution in [0.3, 0.4) is 0 Å². The summed E-state index contributed by atoms with van der Waals surface area (Å²) in [7, 11) is 0. The zero-order valence-electron chi connectivity index (χ0n) is 9.19. The fourth-order valence-corrected chi connectivity index (χ4v) is 1.43. The van der Waals surface area contributed by atoms with Crippen molar-refractivity contribution >= 4 is 0 Å². The molecule has 0 saturated heterocycles. The van der Waals surface area contributed by atoms with Gasteiger partial charge in [-0.05, 0) is 24.1 Å². The van der Waals surface area contributed by atoms with Crippen LogP contribution in [-0.2, 0) is 6.42 Å². The van der Waals surface area contributed by atoms with Crippen LogP contribution in [-0.4, -0.2) is 30.8 Å². The Balaban J connectivity index is 2.38. The first-order chi connectivity index (χ1) is 7.76. The Labute approximate surface area is 95.7 Å². The lowest BCUT2D eigenvalue weighted by molar-refractivity contribution is 0.172. The quantitative estimate of drug-likeness (QED) is 0.589. The van der Waals surface area contributed by atoms with Gasteiger partial charge in [0.2, 0.25) is 0 Å². The first-order valence-electron chi connectivity index (χ1n) is 5.34. The summed E-state index contributed by atoms with van der Waals surface area (Å²) < 4.78 is 0. The van der Waals surface area contributed by atoms with Crippen molar-refractivity contribution in [3.63, 3.8) is 0 Å². The Kier molecular flexibility index (Phi) is 5.51. The molecule has 4 heteroatoms. The minimum atomic E-state index is -0.417. The van der Waals surface area contributed by atoms with Crippen LogP contribution in [0.25, 0.3) is 0 Å². The molecule has 1 atom stereocenters. The van der Waals surface area contributed by atoms with E-state index in [0.29, 0.717) is 31.6 Å². The highest BCUT2D eigenvalue weighted by molar-refractivity contribution is 5.31. The summed E-state index contributed by atoms with van der Waals surface area (Å²) in [6.45, 7) is 1.82. The first kappa shape index (κ1) is 12.7. The summed E-state index contributed by atoms with van der Waals surface area (Å²) in [5.41, 5.74) is 6.99. The lowest BCUT2D eigenvalue weighted by Gasteiger charge is -2.11. The van der Waals surface area contributed by atoms with Gasteiger partial charge in [-0.25, -0.2) is 0 Å². The number of nitrogens with two attached hydrogens (primary N) is 1. The van der Waals surface area contributed by atoms with Crippen LogP contribution < -0.4 is 11.1 Å². The summed E-state index contributed by atoms with van der Waals surface area (Å²) in [6.07, 6.45) is 0.169. The molecular formula is C12H17N3O. The predicted octanol–water partition coefficient (Wildman–Crippen LogP) is 0.00998. The van der Waals surface area contributed by atoms with E-state index in [4.69, 9.17) is 11.0 Å². The SMILES string of the molecule is N#Cc1ccc(CC(O)CNCCN)cc1. The number of nitriles is 1. The Morgan fingerprint density at radius 1 is 1.38 bits per heavy atom. The lowest BCUT2D eigenvalue weighted by atomic mass is 10.1. The molecule has 0 amide bonds. The zero-order valence-corrected chi connectivity index (χ0v) is 9.19. The second-order valence-corrected chi connectivity index (χ2v) is 3.66. The molecule has 0 spiro atoms. The normalized spacial score (nSPS) is 12.1. The number of aliphatic hydroxyl groups excluding tert-OH is 1. The van der Waals surface area contributed by atoms with Gasteiger partial charge in [0.05, 0.1) is 17.7 Å². The van der Waals surface area contributed by atoms with Gasteiger partial charge >= 0.3 is 0 Å². The predicted molar refractivity (Wildman–Crippen MR) is 62.8 cm³/mol. The number of aliphatic hydroxyl groups is 1. The minimum absolute atomic E-state index is 0.417. The van der Waals surface area contributed by atoms with Crippen LogP contribution in [0.2, 0.25) is 0 Å². The number of hydrogen-bond acceptors (Lipinski definition) is 4. The van der Waals surface area contributed by atoms with Crippen LogP contribution in [0, 0.1) is 11.3 Å². The maximum Gasteiger partial charge on any atom is 0.0991 e. The molecule has 0 radical (unpaired) electrons. The Hall–Kier alpha value is -1.41. The molecule has 1 aromatic carbocycles. The Morgan fingerprint density at radius 2 is 2.06 bits per heavy atom. The fourth-order valence-electron chi connectivity index (χ4n) is 1.43. The van der Waals surface area contributed by atoms with Gasteiger partial charge in [0, 0.05) is 19.6 Å². The van der Waals surface area contributed by atoms with Crippen LogP contribution in [0.1, 0.15) is 11.1 Å². The van der Waals surface area contributed by atoms with Gasteiger partial charge in [-0.1, -0.05) is 12.1 Å². The van der Waals surface area contributed by atoms with Crippen molar-refractivity contribution in [3.05, 3.63) is 35.4 Å². The van der Waals surface area contributed by atoms with E-state index >= 15 is 0 Å². The second-order valence-electron chi connectivity index (χ2n) is 3.66. The maximum atomic E-state index is 9.69. The fraction of sp³-hybridized carbons (Fsp3) is 0.417.